The first-order valence-electron chi connectivity index (χ1n) is 11.0. The Hall–Kier alpha value is -2.59. The third kappa shape index (κ3) is 5.07. The fraction of sp³-hybridized carbons (Fsp3) is 0.357. The van der Waals surface area contributed by atoms with E-state index in [-0.39, 0.29) is 5.82 Å². The molecule has 1 fully saturated rings. The lowest BCUT2D eigenvalue weighted by Crippen LogP contribution is -2.13. The fourth-order valence-electron chi connectivity index (χ4n) is 4.55. The average molecular weight is 385 g/mol. The van der Waals surface area contributed by atoms with Crippen LogP contribution in [0.5, 0.6) is 0 Å². The number of fused-ring (bicyclic) bond motifs is 1. The molecule has 0 bridgehead atoms. The van der Waals surface area contributed by atoms with E-state index >= 15 is 0 Å². The van der Waals surface area contributed by atoms with Crippen molar-refractivity contribution in [3.8, 4) is 11.8 Å². The number of halogens is 1. The minimum atomic E-state index is -0.203. The van der Waals surface area contributed by atoms with Crippen LogP contribution in [0.2, 0.25) is 0 Å². The molecule has 0 nitrogen and oxygen atoms in total. The second-order valence-corrected chi connectivity index (χ2v) is 8.44. The Morgan fingerprint density at radius 1 is 0.793 bits per heavy atom. The fourth-order valence-corrected chi connectivity index (χ4v) is 4.55. The van der Waals surface area contributed by atoms with Crippen LogP contribution in [0.3, 0.4) is 0 Å². The van der Waals surface area contributed by atoms with E-state index in [1.165, 1.54) is 56.6 Å². The molecule has 148 valence electrons. The van der Waals surface area contributed by atoms with Crippen molar-refractivity contribution in [2.75, 3.05) is 0 Å². The van der Waals surface area contributed by atoms with E-state index < -0.39 is 0 Å². The first kappa shape index (κ1) is 19.7. The van der Waals surface area contributed by atoms with E-state index in [1.54, 1.807) is 6.07 Å². The zero-order chi connectivity index (χ0) is 20.1. The van der Waals surface area contributed by atoms with Crippen molar-refractivity contribution in [1.29, 1.82) is 0 Å². The molecule has 0 amide bonds. The van der Waals surface area contributed by atoms with Gasteiger partial charge in [-0.15, -0.1) is 0 Å². The van der Waals surface area contributed by atoms with Gasteiger partial charge in [-0.05, 0) is 90.3 Å². The van der Waals surface area contributed by atoms with Crippen LogP contribution in [0.25, 0.3) is 10.8 Å². The van der Waals surface area contributed by atoms with Gasteiger partial charge in [0.25, 0.3) is 0 Å². The Bertz CT molecular complexity index is 1010. The van der Waals surface area contributed by atoms with Gasteiger partial charge in [0.05, 0.1) is 0 Å². The maximum atomic E-state index is 13.3. The van der Waals surface area contributed by atoms with Crippen LogP contribution in [-0.4, -0.2) is 0 Å². The van der Waals surface area contributed by atoms with Crippen LogP contribution in [0.4, 0.5) is 4.39 Å². The minimum Gasteiger partial charge on any atom is -0.207 e. The van der Waals surface area contributed by atoms with Gasteiger partial charge in [-0.3, -0.25) is 0 Å². The molecular weight excluding hydrogens is 355 g/mol. The van der Waals surface area contributed by atoms with Crippen LogP contribution in [-0.2, 0) is 0 Å². The lowest BCUT2D eigenvalue weighted by Gasteiger charge is -2.28. The van der Waals surface area contributed by atoms with Gasteiger partial charge in [0.2, 0.25) is 0 Å². The molecule has 1 aliphatic rings. The Kier molecular flexibility index (Phi) is 6.30. The Labute approximate surface area is 174 Å². The summed E-state index contributed by atoms with van der Waals surface area (Å²) < 4.78 is 13.3. The van der Waals surface area contributed by atoms with Crippen LogP contribution in [0.1, 0.15) is 74.5 Å². The zero-order valence-electron chi connectivity index (χ0n) is 17.3. The molecule has 1 heteroatoms. The van der Waals surface area contributed by atoms with Crippen LogP contribution < -0.4 is 0 Å². The van der Waals surface area contributed by atoms with Crippen molar-refractivity contribution >= 4 is 10.8 Å². The molecule has 0 heterocycles. The lowest BCUT2D eigenvalue weighted by atomic mass is 9.77. The van der Waals surface area contributed by atoms with Gasteiger partial charge in [0.15, 0.2) is 0 Å². The maximum Gasteiger partial charge on any atom is 0.123 e. The topological polar surface area (TPSA) is 0 Å². The SMILES string of the molecule is CCCCC1CCC(c2ccc(C#Cc3ccc4cc(F)ccc4c3)cc2)CC1. The zero-order valence-corrected chi connectivity index (χ0v) is 17.3. The summed E-state index contributed by atoms with van der Waals surface area (Å²) in [6.07, 6.45) is 9.56. The summed E-state index contributed by atoms with van der Waals surface area (Å²) in [6, 6.07) is 19.6. The van der Waals surface area contributed by atoms with Crippen molar-refractivity contribution in [3.05, 3.63) is 83.2 Å². The highest BCUT2D eigenvalue weighted by atomic mass is 19.1. The molecular formula is C28H29F. The molecule has 0 atom stereocenters. The molecule has 4 rings (SSSR count). The van der Waals surface area contributed by atoms with Crippen molar-refractivity contribution in [2.45, 2.75) is 57.8 Å². The van der Waals surface area contributed by atoms with Gasteiger partial charge in [0, 0.05) is 11.1 Å². The molecule has 1 aliphatic carbocycles. The van der Waals surface area contributed by atoms with Gasteiger partial charge in [-0.2, -0.15) is 0 Å². The van der Waals surface area contributed by atoms with E-state index in [9.17, 15) is 4.39 Å². The molecule has 0 N–H and O–H groups in total. The van der Waals surface area contributed by atoms with E-state index in [2.05, 4.69) is 43.0 Å². The normalized spacial score (nSPS) is 19.0. The van der Waals surface area contributed by atoms with E-state index in [1.807, 2.05) is 24.3 Å². The van der Waals surface area contributed by atoms with Gasteiger partial charge in [-0.1, -0.05) is 62.3 Å². The van der Waals surface area contributed by atoms with Gasteiger partial charge >= 0.3 is 0 Å². The largest absolute Gasteiger partial charge is 0.207 e. The molecule has 1 saturated carbocycles. The Morgan fingerprint density at radius 3 is 2.21 bits per heavy atom. The van der Waals surface area contributed by atoms with Crippen LogP contribution >= 0.6 is 0 Å². The second kappa shape index (κ2) is 9.27. The summed E-state index contributed by atoms with van der Waals surface area (Å²) in [7, 11) is 0. The highest BCUT2D eigenvalue weighted by Gasteiger charge is 2.21. The third-order valence-corrected chi connectivity index (χ3v) is 6.35. The van der Waals surface area contributed by atoms with E-state index in [0.29, 0.717) is 0 Å². The summed E-state index contributed by atoms with van der Waals surface area (Å²) in [6.45, 7) is 2.29. The minimum absolute atomic E-state index is 0.203. The average Bonchev–Trinajstić information content (AvgIpc) is 2.77. The molecule has 3 aromatic rings. The molecule has 0 aliphatic heterocycles. The molecule has 0 unspecified atom stereocenters. The quantitative estimate of drug-likeness (QED) is 0.402. The van der Waals surface area contributed by atoms with Gasteiger partial charge in [-0.25, -0.2) is 4.39 Å². The van der Waals surface area contributed by atoms with Crippen molar-refractivity contribution in [3.63, 3.8) is 0 Å². The molecule has 0 aromatic heterocycles. The van der Waals surface area contributed by atoms with Gasteiger partial charge in [0.1, 0.15) is 5.82 Å². The summed E-state index contributed by atoms with van der Waals surface area (Å²) in [5.41, 5.74) is 3.47. The molecule has 29 heavy (non-hydrogen) atoms. The van der Waals surface area contributed by atoms with E-state index in [4.69, 9.17) is 0 Å². The highest BCUT2D eigenvalue weighted by molar-refractivity contribution is 5.83. The summed E-state index contributed by atoms with van der Waals surface area (Å²) in [5, 5.41) is 1.92. The number of unbranched alkanes of at least 4 members (excludes halogenated alkanes) is 1. The van der Waals surface area contributed by atoms with E-state index in [0.717, 1.165) is 33.7 Å². The standard InChI is InChI=1S/C28H29F/c1-2-3-4-21-7-12-24(13-8-21)25-14-9-22(10-15-25)5-6-23-11-16-27-20-28(29)18-17-26(27)19-23/h9-11,14-21,24H,2-4,7-8,12-13H2,1H3. The smallest absolute Gasteiger partial charge is 0.123 e. The first-order valence-corrected chi connectivity index (χ1v) is 11.0. The Morgan fingerprint density at radius 2 is 1.45 bits per heavy atom. The van der Waals surface area contributed by atoms with Crippen molar-refractivity contribution in [1.82, 2.24) is 0 Å². The number of hydrogen-bond acceptors (Lipinski definition) is 0. The highest BCUT2D eigenvalue weighted by Crippen LogP contribution is 2.37. The summed E-state index contributed by atoms with van der Waals surface area (Å²) in [5.74, 6) is 7.99. The van der Waals surface area contributed by atoms with Gasteiger partial charge < -0.3 is 0 Å². The van der Waals surface area contributed by atoms with Crippen LogP contribution in [0.15, 0.2) is 60.7 Å². The van der Waals surface area contributed by atoms with Crippen molar-refractivity contribution < 1.29 is 4.39 Å². The maximum absolute atomic E-state index is 13.3. The lowest BCUT2D eigenvalue weighted by molar-refractivity contribution is 0.304. The number of hydrogen-bond donors (Lipinski definition) is 0. The summed E-state index contributed by atoms with van der Waals surface area (Å²) >= 11 is 0. The third-order valence-electron chi connectivity index (χ3n) is 6.35. The van der Waals surface area contributed by atoms with Crippen LogP contribution in [0, 0.1) is 23.6 Å². The number of rotatable bonds is 4. The Balaban J connectivity index is 1.40. The molecule has 0 spiro atoms. The van der Waals surface area contributed by atoms with Crippen molar-refractivity contribution in [2.24, 2.45) is 5.92 Å². The predicted octanol–water partition coefficient (Wildman–Crippen LogP) is 7.84. The number of benzene rings is 3. The predicted molar refractivity (Wildman–Crippen MR) is 121 cm³/mol. The first-order chi connectivity index (χ1) is 14.2. The molecule has 0 radical (unpaired) electrons. The summed E-state index contributed by atoms with van der Waals surface area (Å²) in [4.78, 5) is 0. The second-order valence-electron chi connectivity index (χ2n) is 8.44. The molecule has 3 aromatic carbocycles. The molecule has 0 saturated heterocycles. The monoisotopic (exact) mass is 384 g/mol.